The second kappa shape index (κ2) is 4.85. The van der Waals surface area contributed by atoms with Crippen LogP contribution in [0.25, 0.3) is 0 Å². The zero-order valence-corrected chi connectivity index (χ0v) is 9.02. The van der Waals surface area contributed by atoms with Gasteiger partial charge >= 0.3 is 0 Å². The fraction of sp³-hybridized carbons (Fsp3) is 0.273. The normalized spacial score (nSPS) is 10.6. The second-order valence-electron chi connectivity index (χ2n) is 3.50. The largest absolute Gasteiger partial charge is 0.313 e. The summed E-state index contributed by atoms with van der Waals surface area (Å²) in [4.78, 5) is 0. The van der Waals surface area contributed by atoms with E-state index in [1.807, 2.05) is 17.7 Å². The highest BCUT2D eigenvalue weighted by Gasteiger charge is 2.06. The molecule has 84 valence electrons. The fourth-order valence-electron chi connectivity index (χ4n) is 1.52. The molecule has 5 heteroatoms. The molecule has 0 atom stereocenters. The van der Waals surface area contributed by atoms with E-state index in [2.05, 4.69) is 15.5 Å². The third-order valence-corrected chi connectivity index (χ3v) is 2.33. The molecule has 2 rings (SSSR count). The third-order valence-electron chi connectivity index (χ3n) is 2.33. The van der Waals surface area contributed by atoms with Gasteiger partial charge in [-0.2, -0.15) is 0 Å². The molecule has 16 heavy (non-hydrogen) atoms. The zero-order chi connectivity index (χ0) is 11.4. The van der Waals surface area contributed by atoms with Gasteiger partial charge in [0.2, 0.25) is 0 Å². The van der Waals surface area contributed by atoms with E-state index in [4.69, 9.17) is 0 Å². The highest BCUT2D eigenvalue weighted by atomic mass is 19.1. The molecule has 0 unspecified atom stereocenters. The van der Waals surface area contributed by atoms with Gasteiger partial charge in [0.05, 0.1) is 13.1 Å². The van der Waals surface area contributed by atoms with Crippen LogP contribution in [0.3, 0.4) is 0 Å². The minimum absolute atomic E-state index is 0.202. The molecule has 0 saturated carbocycles. The Labute approximate surface area is 93.1 Å². The van der Waals surface area contributed by atoms with Crippen LogP contribution in [-0.2, 0) is 13.1 Å². The molecule has 0 saturated heterocycles. The van der Waals surface area contributed by atoms with Crippen LogP contribution in [0.15, 0.2) is 30.6 Å². The summed E-state index contributed by atoms with van der Waals surface area (Å²) in [6.07, 6.45) is 1.61. The average molecular weight is 220 g/mol. The van der Waals surface area contributed by atoms with Crippen LogP contribution in [0.5, 0.6) is 0 Å². The van der Waals surface area contributed by atoms with Gasteiger partial charge < -0.3 is 9.88 Å². The van der Waals surface area contributed by atoms with Crippen LogP contribution in [0, 0.1) is 5.82 Å². The summed E-state index contributed by atoms with van der Waals surface area (Å²) in [5.41, 5.74) is 0.639. The molecule has 0 aliphatic rings. The molecule has 0 radical (unpaired) electrons. The highest BCUT2D eigenvalue weighted by Crippen LogP contribution is 2.09. The van der Waals surface area contributed by atoms with Gasteiger partial charge in [-0.1, -0.05) is 18.2 Å². The Bertz CT molecular complexity index is 467. The van der Waals surface area contributed by atoms with E-state index in [1.165, 1.54) is 6.07 Å². The number of hydrogen-bond acceptors (Lipinski definition) is 3. The van der Waals surface area contributed by atoms with E-state index in [9.17, 15) is 4.39 Å². The first-order chi connectivity index (χ1) is 7.81. The number of aromatic nitrogens is 3. The molecule has 0 aliphatic carbocycles. The molecule has 0 bridgehead atoms. The summed E-state index contributed by atoms with van der Waals surface area (Å²) in [6, 6.07) is 6.72. The maximum Gasteiger partial charge on any atom is 0.147 e. The van der Waals surface area contributed by atoms with Crippen LogP contribution in [0.4, 0.5) is 4.39 Å². The fourth-order valence-corrected chi connectivity index (χ4v) is 1.52. The maximum absolute atomic E-state index is 13.4. The molecule has 0 amide bonds. The lowest BCUT2D eigenvalue weighted by molar-refractivity contribution is 0.590. The topological polar surface area (TPSA) is 42.7 Å². The average Bonchev–Trinajstić information content (AvgIpc) is 2.70. The second-order valence-corrected chi connectivity index (χ2v) is 3.50. The van der Waals surface area contributed by atoms with Gasteiger partial charge in [0.25, 0.3) is 0 Å². The number of halogens is 1. The molecule has 2 aromatic rings. The van der Waals surface area contributed by atoms with Gasteiger partial charge in [0.1, 0.15) is 18.0 Å². The molecule has 0 aliphatic heterocycles. The van der Waals surface area contributed by atoms with Gasteiger partial charge in [0.15, 0.2) is 0 Å². The van der Waals surface area contributed by atoms with Crippen molar-refractivity contribution < 1.29 is 4.39 Å². The quantitative estimate of drug-likeness (QED) is 0.841. The van der Waals surface area contributed by atoms with Crippen LogP contribution < -0.4 is 5.32 Å². The number of hydrogen-bond donors (Lipinski definition) is 1. The predicted molar refractivity (Wildman–Crippen MR) is 58.3 cm³/mol. The van der Waals surface area contributed by atoms with Crippen molar-refractivity contribution in [1.29, 1.82) is 0 Å². The summed E-state index contributed by atoms with van der Waals surface area (Å²) in [5, 5.41) is 10.8. The summed E-state index contributed by atoms with van der Waals surface area (Å²) < 4.78 is 15.3. The van der Waals surface area contributed by atoms with Crippen molar-refractivity contribution in [3.8, 4) is 0 Å². The molecule has 4 nitrogen and oxygen atoms in total. The van der Waals surface area contributed by atoms with Crippen molar-refractivity contribution in [2.24, 2.45) is 0 Å². The van der Waals surface area contributed by atoms with E-state index in [1.54, 1.807) is 18.5 Å². The van der Waals surface area contributed by atoms with Crippen LogP contribution >= 0.6 is 0 Å². The Morgan fingerprint density at radius 2 is 2.19 bits per heavy atom. The van der Waals surface area contributed by atoms with Crippen molar-refractivity contribution in [3.63, 3.8) is 0 Å². The van der Waals surface area contributed by atoms with Gasteiger partial charge in [-0.25, -0.2) is 4.39 Å². The molecule has 1 aromatic heterocycles. The zero-order valence-electron chi connectivity index (χ0n) is 9.02. The van der Waals surface area contributed by atoms with E-state index >= 15 is 0 Å². The van der Waals surface area contributed by atoms with Crippen LogP contribution in [0.2, 0.25) is 0 Å². The molecule has 0 fully saturated rings. The van der Waals surface area contributed by atoms with Gasteiger partial charge in [-0.15, -0.1) is 10.2 Å². The lowest BCUT2D eigenvalue weighted by Crippen LogP contribution is -2.13. The standard InChI is InChI=1S/C11H13FN4/c1-13-6-11-15-14-8-16(11)7-9-4-2-3-5-10(9)12/h2-5,8,13H,6-7H2,1H3. The van der Waals surface area contributed by atoms with Crippen molar-refractivity contribution in [2.45, 2.75) is 13.1 Å². The summed E-state index contributed by atoms with van der Waals surface area (Å²) in [6.45, 7) is 1.07. The van der Waals surface area contributed by atoms with E-state index in [-0.39, 0.29) is 5.82 Å². The number of nitrogens with zero attached hydrogens (tertiary/aromatic N) is 3. The monoisotopic (exact) mass is 220 g/mol. The van der Waals surface area contributed by atoms with Gasteiger partial charge in [-0.05, 0) is 13.1 Å². The van der Waals surface area contributed by atoms with Crippen molar-refractivity contribution in [2.75, 3.05) is 7.05 Å². The van der Waals surface area contributed by atoms with E-state index in [0.717, 1.165) is 5.82 Å². The summed E-state index contributed by atoms with van der Waals surface area (Å²) in [7, 11) is 1.84. The van der Waals surface area contributed by atoms with Crippen molar-refractivity contribution >= 4 is 0 Å². The van der Waals surface area contributed by atoms with Crippen molar-refractivity contribution in [1.82, 2.24) is 20.1 Å². The lowest BCUT2D eigenvalue weighted by atomic mass is 10.2. The first-order valence-corrected chi connectivity index (χ1v) is 5.06. The van der Waals surface area contributed by atoms with E-state index in [0.29, 0.717) is 18.7 Å². The Kier molecular flexibility index (Phi) is 3.26. The smallest absolute Gasteiger partial charge is 0.147 e. The van der Waals surface area contributed by atoms with Gasteiger partial charge in [0, 0.05) is 5.56 Å². The van der Waals surface area contributed by atoms with Gasteiger partial charge in [-0.3, -0.25) is 0 Å². The third kappa shape index (κ3) is 2.25. The first-order valence-electron chi connectivity index (χ1n) is 5.06. The van der Waals surface area contributed by atoms with Crippen LogP contribution in [-0.4, -0.2) is 21.8 Å². The van der Waals surface area contributed by atoms with Crippen molar-refractivity contribution in [3.05, 3.63) is 47.8 Å². The number of rotatable bonds is 4. The molecule has 1 heterocycles. The molecule has 0 spiro atoms. The minimum Gasteiger partial charge on any atom is -0.313 e. The predicted octanol–water partition coefficient (Wildman–Crippen LogP) is 1.18. The molecular weight excluding hydrogens is 207 g/mol. The number of benzene rings is 1. The number of nitrogens with one attached hydrogen (secondary N) is 1. The Morgan fingerprint density at radius 3 is 2.94 bits per heavy atom. The molecule has 1 N–H and O–H groups in total. The Morgan fingerprint density at radius 1 is 1.38 bits per heavy atom. The minimum atomic E-state index is -0.202. The molecule has 1 aromatic carbocycles. The Balaban J connectivity index is 2.20. The summed E-state index contributed by atoms with van der Waals surface area (Å²) >= 11 is 0. The molecular formula is C11H13FN4. The van der Waals surface area contributed by atoms with E-state index < -0.39 is 0 Å². The lowest BCUT2D eigenvalue weighted by Gasteiger charge is -2.06. The summed E-state index contributed by atoms with van der Waals surface area (Å²) in [5.74, 6) is 0.595. The highest BCUT2D eigenvalue weighted by molar-refractivity contribution is 5.17. The van der Waals surface area contributed by atoms with Crippen LogP contribution in [0.1, 0.15) is 11.4 Å². The maximum atomic E-state index is 13.4. The SMILES string of the molecule is CNCc1nncn1Cc1ccccc1F. The Hall–Kier alpha value is -1.75. The first kappa shape index (κ1) is 10.8.